The quantitative estimate of drug-likeness (QED) is 0.714. The van der Waals surface area contributed by atoms with Gasteiger partial charge >= 0.3 is 0 Å². The van der Waals surface area contributed by atoms with Gasteiger partial charge in [0.1, 0.15) is 5.78 Å². The van der Waals surface area contributed by atoms with Crippen LogP contribution in [-0.4, -0.2) is 30.2 Å². The minimum absolute atomic E-state index is 0.128. The number of carbonyl (C=O) groups excluding carboxylic acids is 2. The first-order valence-electron chi connectivity index (χ1n) is 5.73. The second-order valence-corrected chi connectivity index (χ2v) is 4.73. The Balaban J connectivity index is 2.31. The summed E-state index contributed by atoms with van der Waals surface area (Å²) in [6.45, 7) is 4.13. The van der Waals surface area contributed by atoms with Gasteiger partial charge in [-0.1, -0.05) is 0 Å². The van der Waals surface area contributed by atoms with Crippen molar-refractivity contribution in [1.82, 2.24) is 4.90 Å². The van der Waals surface area contributed by atoms with Crippen molar-refractivity contribution < 1.29 is 9.59 Å². The van der Waals surface area contributed by atoms with Crippen molar-refractivity contribution >= 4 is 11.7 Å². The van der Waals surface area contributed by atoms with E-state index in [9.17, 15) is 9.59 Å². The van der Waals surface area contributed by atoms with E-state index in [0.29, 0.717) is 11.7 Å². The van der Waals surface area contributed by atoms with Crippen molar-refractivity contribution in [1.29, 1.82) is 0 Å². The maximum atomic E-state index is 11.2. The Kier molecular flexibility index (Phi) is 4.30. The van der Waals surface area contributed by atoms with Gasteiger partial charge in [0.05, 0.1) is 0 Å². The van der Waals surface area contributed by atoms with Gasteiger partial charge in [0.25, 0.3) is 0 Å². The molecule has 0 heterocycles. The number of rotatable bonds is 3. The van der Waals surface area contributed by atoms with Crippen molar-refractivity contribution in [2.24, 2.45) is 11.8 Å². The number of carbonyl (C=O) groups is 2. The average Bonchev–Trinajstić information content (AvgIpc) is 2.18. The van der Waals surface area contributed by atoms with Crippen molar-refractivity contribution in [2.75, 3.05) is 13.6 Å². The van der Waals surface area contributed by atoms with E-state index in [4.69, 9.17) is 0 Å². The summed E-state index contributed by atoms with van der Waals surface area (Å²) in [6.07, 6.45) is 4.18. The van der Waals surface area contributed by atoms with Crippen LogP contribution in [0.1, 0.15) is 39.5 Å². The molecule has 0 unspecified atom stereocenters. The molecule has 0 radical (unpaired) electrons. The highest BCUT2D eigenvalue weighted by Crippen LogP contribution is 2.29. The van der Waals surface area contributed by atoms with Gasteiger partial charge < -0.3 is 4.90 Å². The molecule has 3 nitrogen and oxygen atoms in total. The summed E-state index contributed by atoms with van der Waals surface area (Å²) in [5.41, 5.74) is 0. The molecular formula is C12H21NO2. The minimum atomic E-state index is 0.128. The first kappa shape index (κ1) is 12.2. The van der Waals surface area contributed by atoms with Gasteiger partial charge in [-0.25, -0.2) is 0 Å². The Morgan fingerprint density at radius 1 is 1.13 bits per heavy atom. The molecule has 0 aliphatic heterocycles. The fraction of sp³-hybridized carbons (Fsp3) is 0.833. The van der Waals surface area contributed by atoms with Crippen LogP contribution >= 0.6 is 0 Å². The number of Topliss-reactive ketones (excluding diaryl/α,β-unsaturated/α-hetero) is 1. The molecule has 0 spiro atoms. The molecule has 0 bridgehead atoms. The molecule has 1 aliphatic carbocycles. The summed E-state index contributed by atoms with van der Waals surface area (Å²) in [4.78, 5) is 24.0. The van der Waals surface area contributed by atoms with Gasteiger partial charge in [-0.3, -0.25) is 9.59 Å². The summed E-state index contributed by atoms with van der Waals surface area (Å²) >= 11 is 0. The molecule has 0 N–H and O–H groups in total. The van der Waals surface area contributed by atoms with E-state index >= 15 is 0 Å². The van der Waals surface area contributed by atoms with E-state index in [1.807, 2.05) is 7.05 Å². The lowest BCUT2D eigenvalue weighted by Gasteiger charge is -2.29. The van der Waals surface area contributed by atoms with Crippen molar-refractivity contribution in [3.8, 4) is 0 Å². The lowest BCUT2D eigenvalue weighted by Crippen LogP contribution is -2.32. The Morgan fingerprint density at radius 3 is 2.07 bits per heavy atom. The maximum Gasteiger partial charge on any atom is 0.219 e. The monoisotopic (exact) mass is 211 g/mol. The molecule has 1 aliphatic rings. The molecule has 0 aromatic carbocycles. The number of hydrogen-bond acceptors (Lipinski definition) is 2. The zero-order valence-electron chi connectivity index (χ0n) is 9.95. The summed E-state index contributed by atoms with van der Waals surface area (Å²) in [5, 5.41) is 0. The maximum absolute atomic E-state index is 11.2. The highest BCUT2D eigenvalue weighted by Gasteiger charge is 2.24. The molecule has 3 heteroatoms. The fourth-order valence-corrected chi connectivity index (χ4v) is 2.27. The summed E-state index contributed by atoms with van der Waals surface area (Å²) < 4.78 is 0. The Morgan fingerprint density at radius 2 is 1.67 bits per heavy atom. The van der Waals surface area contributed by atoms with Crippen LogP contribution in [0.5, 0.6) is 0 Å². The lowest BCUT2D eigenvalue weighted by atomic mass is 9.80. The second-order valence-electron chi connectivity index (χ2n) is 4.73. The SMILES string of the molecule is CC(=O)C1CCC(CN(C)C(C)=O)CC1. The first-order chi connectivity index (χ1) is 7.00. The van der Waals surface area contributed by atoms with Crippen LogP contribution in [-0.2, 0) is 9.59 Å². The van der Waals surface area contributed by atoms with Crippen molar-refractivity contribution in [3.63, 3.8) is 0 Å². The molecule has 86 valence electrons. The molecule has 0 atom stereocenters. The van der Waals surface area contributed by atoms with E-state index in [0.717, 1.165) is 32.2 Å². The highest BCUT2D eigenvalue weighted by atomic mass is 16.2. The van der Waals surface area contributed by atoms with Gasteiger partial charge in [0.15, 0.2) is 0 Å². The molecule has 1 amide bonds. The van der Waals surface area contributed by atoms with Gasteiger partial charge in [-0.05, 0) is 38.5 Å². The normalized spacial score (nSPS) is 26.1. The third-order valence-corrected chi connectivity index (χ3v) is 3.49. The van der Waals surface area contributed by atoms with Crippen LogP contribution in [0.25, 0.3) is 0 Å². The van der Waals surface area contributed by atoms with Gasteiger partial charge in [-0.15, -0.1) is 0 Å². The molecule has 1 rings (SSSR count). The molecule has 15 heavy (non-hydrogen) atoms. The Hall–Kier alpha value is -0.860. The van der Waals surface area contributed by atoms with E-state index in [1.165, 1.54) is 0 Å². The Labute approximate surface area is 91.8 Å². The van der Waals surface area contributed by atoms with Gasteiger partial charge in [0.2, 0.25) is 5.91 Å². The van der Waals surface area contributed by atoms with Crippen molar-refractivity contribution in [3.05, 3.63) is 0 Å². The number of nitrogens with zero attached hydrogens (tertiary/aromatic N) is 1. The standard InChI is InChI=1S/C12H21NO2/c1-9(14)12-6-4-11(5-7-12)8-13(3)10(2)15/h11-12H,4-8H2,1-3H3. The zero-order valence-corrected chi connectivity index (χ0v) is 9.95. The first-order valence-corrected chi connectivity index (χ1v) is 5.73. The van der Waals surface area contributed by atoms with Gasteiger partial charge in [0, 0.05) is 26.4 Å². The third-order valence-electron chi connectivity index (χ3n) is 3.49. The minimum Gasteiger partial charge on any atom is -0.346 e. The van der Waals surface area contributed by atoms with Crippen molar-refractivity contribution in [2.45, 2.75) is 39.5 Å². The van der Waals surface area contributed by atoms with E-state index in [1.54, 1.807) is 18.7 Å². The smallest absolute Gasteiger partial charge is 0.219 e. The van der Waals surface area contributed by atoms with E-state index < -0.39 is 0 Å². The number of amides is 1. The lowest BCUT2D eigenvalue weighted by molar-refractivity contribution is -0.128. The molecule has 0 aromatic rings. The number of ketones is 1. The van der Waals surface area contributed by atoms with Gasteiger partial charge in [-0.2, -0.15) is 0 Å². The molecule has 0 saturated heterocycles. The van der Waals surface area contributed by atoms with E-state index in [-0.39, 0.29) is 11.8 Å². The molecule has 1 fully saturated rings. The molecule has 1 saturated carbocycles. The summed E-state index contributed by atoms with van der Waals surface area (Å²) in [7, 11) is 1.85. The summed E-state index contributed by atoms with van der Waals surface area (Å²) in [6, 6.07) is 0. The average molecular weight is 211 g/mol. The molecular weight excluding hydrogens is 190 g/mol. The zero-order chi connectivity index (χ0) is 11.4. The van der Waals surface area contributed by atoms with Crippen LogP contribution < -0.4 is 0 Å². The topological polar surface area (TPSA) is 37.4 Å². The fourth-order valence-electron chi connectivity index (χ4n) is 2.27. The predicted octanol–water partition coefficient (Wildman–Crippen LogP) is 1.86. The van der Waals surface area contributed by atoms with Crippen LogP contribution in [0.15, 0.2) is 0 Å². The summed E-state index contributed by atoms with van der Waals surface area (Å²) in [5.74, 6) is 1.33. The molecule has 0 aromatic heterocycles. The van der Waals surface area contributed by atoms with Crippen LogP contribution in [0.3, 0.4) is 0 Å². The largest absolute Gasteiger partial charge is 0.346 e. The van der Waals surface area contributed by atoms with Crippen LogP contribution in [0, 0.1) is 11.8 Å². The third kappa shape index (κ3) is 3.65. The second kappa shape index (κ2) is 5.29. The Bertz CT molecular complexity index is 242. The predicted molar refractivity (Wildman–Crippen MR) is 59.4 cm³/mol. The van der Waals surface area contributed by atoms with E-state index in [2.05, 4.69) is 0 Å². The van der Waals surface area contributed by atoms with Crippen LogP contribution in [0.2, 0.25) is 0 Å². The number of hydrogen-bond donors (Lipinski definition) is 0. The van der Waals surface area contributed by atoms with Crippen LogP contribution in [0.4, 0.5) is 0 Å². The highest BCUT2D eigenvalue weighted by molar-refractivity contribution is 5.78.